The van der Waals surface area contributed by atoms with Crippen LogP contribution >= 0.6 is 0 Å². The van der Waals surface area contributed by atoms with Crippen molar-refractivity contribution in [1.82, 2.24) is 0 Å². The number of nitrogens with zero attached hydrogens (tertiary/aromatic N) is 1. The summed E-state index contributed by atoms with van der Waals surface area (Å²) in [6.07, 6.45) is 8.80. The maximum Gasteiger partial charge on any atom is 0.192 e. The first-order valence-electron chi connectivity index (χ1n) is 13.1. The van der Waals surface area contributed by atoms with Gasteiger partial charge in [0.2, 0.25) is 0 Å². The van der Waals surface area contributed by atoms with Gasteiger partial charge in [-0.15, -0.1) is 0 Å². The van der Waals surface area contributed by atoms with Gasteiger partial charge in [0.15, 0.2) is 34.7 Å². The molecule has 8 heteroatoms. The van der Waals surface area contributed by atoms with E-state index in [-0.39, 0.29) is 35.1 Å². The molecule has 1 aliphatic carbocycles. The molecule has 8 nitrogen and oxygen atoms in total. The number of ketones is 1. The fourth-order valence-electron chi connectivity index (χ4n) is 5.20. The van der Waals surface area contributed by atoms with Crippen molar-refractivity contribution in [1.29, 1.82) is 0 Å². The highest BCUT2D eigenvalue weighted by atomic mass is 16.5. The van der Waals surface area contributed by atoms with Crippen LogP contribution in [0.25, 0.3) is 0 Å². The van der Waals surface area contributed by atoms with E-state index >= 15 is 0 Å². The number of nitrogens with one attached hydrogen (secondary N) is 1. The number of methoxy groups -OCH3 is 2. The van der Waals surface area contributed by atoms with Crippen molar-refractivity contribution in [2.24, 2.45) is 28.0 Å². The summed E-state index contributed by atoms with van der Waals surface area (Å²) >= 11 is 0. The monoisotopic (exact) mass is 523 g/mol. The lowest BCUT2D eigenvalue weighted by Crippen LogP contribution is -2.29. The van der Waals surface area contributed by atoms with Gasteiger partial charge in [-0.1, -0.05) is 38.8 Å². The molecule has 38 heavy (non-hydrogen) atoms. The first-order chi connectivity index (χ1) is 18.1. The zero-order valence-corrected chi connectivity index (χ0v) is 23.1. The molecule has 0 heterocycles. The number of carbonyl (C=O) groups excluding carboxylic acids is 1. The average Bonchev–Trinajstić information content (AvgIpc) is 3.38. The van der Waals surface area contributed by atoms with Gasteiger partial charge in [-0.05, 0) is 79.0 Å². The third-order valence-corrected chi connectivity index (χ3v) is 7.55. The van der Waals surface area contributed by atoms with Crippen molar-refractivity contribution in [2.45, 2.75) is 52.4 Å². The minimum Gasteiger partial charge on any atom is -0.504 e. The van der Waals surface area contributed by atoms with E-state index in [1.807, 2.05) is 30.3 Å². The van der Waals surface area contributed by atoms with Crippen LogP contribution in [0.15, 0.2) is 47.5 Å². The van der Waals surface area contributed by atoms with Crippen molar-refractivity contribution in [3.63, 3.8) is 0 Å². The molecule has 1 fully saturated rings. The van der Waals surface area contributed by atoms with Crippen molar-refractivity contribution in [3.8, 4) is 23.0 Å². The molecular weight excluding hydrogens is 482 g/mol. The Morgan fingerprint density at radius 3 is 2.37 bits per heavy atom. The molecule has 0 bridgehead atoms. The Morgan fingerprint density at radius 2 is 1.76 bits per heavy atom. The summed E-state index contributed by atoms with van der Waals surface area (Å²) in [4.78, 5) is 17.6. The van der Waals surface area contributed by atoms with E-state index in [0.29, 0.717) is 30.0 Å². The molecule has 1 saturated carbocycles. The van der Waals surface area contributed by atoms with Crippen LogP contribution in [0.2, 0.25) is 0 Å². The summed E-state index contributed by atoms with van der Waals surface area (Å²) in [6.45, 7) is 4.26. The predicted molar refractivity (Wildman–Crippen MR) is 151 cm³/mol. The van der Waals surface area contributed by atoms with Gasteiger partial charge in [-0.2, -0.15) is 0 Å². The number of benzene rings is 2. The number of carbonyl (C=O) groups is 1. The summed E-state index contributed by atoms with van der Waals surface area (Å²) in [5.41, 5.74) is 7.70. The lowest BCUT2D eigenvalue weighted by molar-refractivity contribution is -0.123. The Morgan fingerprint density at radius 1 is 1.11 bits per heavy atom. The Balaban J connectivity index is 1.83. The fourth-order valence-corrected chi connectivity index (χ4v) is 5.20. The number of guanidine groups is 1. The SMILES string of the molecule is CN=C(N)Nc1cc(CC(C=CC(=O)C2(Cc3ccc(O)c(OC)c3)CCCC2)C(C)C)cc(OC)c1O. The van der Waals surface area contributed by atoms with Gasteiger partial charge in [0.05, 0.1) is 19.9 Å². The third kappa shape index (κ3) is 6.79. The van der Waals surface area contributed by atoms with Crippen LogP contribution in [0.1, 0.15) is 50.7 Å². The van der Waals surface area contributed by atoms with E-state index in [1.165, 1.54) is 14.2 Å². The second kappa shape index (κ2) is 12.7. The maximum atomic E-state index is 13.7. The lowest BCUT2D eigenvalue weighted by Gasteiger charge is -2.27. The Kier molecular flexibility index (Phi) is 9.66. The van der Waals surface area contributed by atoms with E-state index in [4.69, 9.17) is 15.2 Å². The standard InChI is InChI=1S/C30H41N3O5/c1-19(2)22(14-21-15-23(33-29(31)32-3)28(36)26(17-21)38-5)9-11-27(35)30(12-6-7-13-30)18-20-8-10-24(34)25(16-20)37-4/h8-11,15-17,19,22,34,36H,6-7,12-14,18H2,1-5H3,(H3,31,32,33). The van der Waals surface area contributed by atoms with Gasteiger partial charge in [0.25, 0.3) is 0 Å². The Hall–Kier alpha value is -3.68. The van der Waals surface area contributed by atoms with Crippen molar-refractivity contribution in [3.05, 3.63) is 53.6 Å². The molecule has 1 aliphatic rings. The summed E-state index contributed by atoms with van der Waals surface area (Å²) in [5.74, 6) is 1.50. The number of hydrogen-bond donors (Lipinski definition) is 4. The quantitative estimate of drug-likeness (QED) is 0.138. The minimum atomic E-state index is -0.449. The van der Waals surface area contributed by atoms with Gasteiger partial charge in [-0.25, -0.2) is 0 Å². The molecule has 0 saturated heterocycles. The number of anilines is 1. The largest absolute Gasteiger partial charge is 0.504 e. The minimum absolute atomic E-state index is 0.0382. The van der Waals surface area contributed by atoms with E-state index in [0.717, 1.165) is 36.8 Å². The van der Waals surface area contributed by atoms with E-state index in [9.17, 15) is 15.0 Å². The van der Waals surface area contributed by atoms with Crippen LogP contribution < -0.4 is 20.5 Å². The predicted octanol–water partition coefficient (Wildman–Crippen LogP) is 5.21. The topological polar surface area (TPSA) is 126 Å². The molecule has 206 valence electrons. The fraction of sp³-hybridized carbons (Fsp3) is 0.467. The van der Waals surface area contributed by atoms with Crippen LogP contribution in [0.4, 0.5) is 5.69 Å². The molecule has 0 aromatic heterocycles. The van der Waals surface area contributed by atoms with Gasteiger partial charge < -0.3 is 30.7 Å². The highest BCUT2D eigenvalue weighted by Gasteiger charge is 2.39. The van der Waals surface area contributed by atoms with Gasteiger partial charge in [0.1, 0.15) is 0 Å². The summed E-state index contributed by atoms with van der Waals surface area (Å²) in [7, 11) is 4.59. The zero-order chi connectivity index (χ0) is 27.9. The first kappa shape index (κ1) is 28.9. The number of hydrogen-bond acceptors (Lipinski definition) is 6. The molecule has 0 radical (unpaired) electrons. The Bertz CT molecular complexity index is 1180. The second-order valence-corrected chi connectivity index (χ2v) is 10.4. The normalized spacial score (nSPS) is 16.1. The van der Waals surface area contributed by atoms with Crippen LogP contribution in [0.5, 0.6) is 23.0 Å². The molecule has 1 unspecified atom stereocenters. The van der Waals surface area contributed by atoms with Crippen LogP contribution in [-0.2, 0) is 17.6 Å². The zero-order valence-electron chi connectivity index (χ0n) is 23.1. The number of phenols is 2. The number of ether oxygens (including phenoxy) is 2. The summed E-state index contributed by atoms with van der Waals surface area (Å²) in [6, 6.07) is 8.95. The highest BCUT2D eigenvalue weighted by molar-refractivity contribution is 5.95. The molecule has 0 amide bonds. The number of phenolic OH excluding ortho intramolecular Hbond substituents is 2. The molecule has 0 aliphatic heterocycles. The first-order valence-corrected chi connectivity index (χ1v) is 13.1. The van der Waals surface area contributed by atoms with E-state index < -0.39 is 5.41 Å². The van der Waals surface area contributed by atoms with Gasteiger partial charge in [-0.3, -0.25) is 9.79 Å². The highest BCUT2D eigenvalue weighted by Crippen LogP contribution is 2.43. The van der Waals surface area contributed by atoms with Crippen molar-refractivity contribution >= 4 is 17.4 Å². The molecular formula is C30H41N3O5. The summed E-state index contributed by atoms with van der Waals surface area (Å²) in [5, 5.41) is 23.4. The van der Waals surface area contributed by atoms with Crippen LogP contribution in [0, 0.1) is 17.3 Å². The summed E-state index contributed by atoms with van der Waals surface area (Å²) < 4.78 is 10.6. The average molecular weight is 524 g/mol. The molecule has 0 spiro atoms. The smallest absolute Gasteiger partial charge is 0.192 e. The molecule has 2 aromatic carbocycles. The van der Waals surface area contributed by atoms with Crippen molar-refractivity contribution in [2.75, 3.05) is 26.6 Å². The Labute approximate surface area is 225 Å². The number of nitrogens with two attached hydrogens (primary N) is 1. The number of aromatic hydroxyl groups is 2. The molecule has 3 rings (SSSR count). The number of allylic oxidation sites excluding steroid dienone is 2. The van der Waals surface area contributed by atoms with Crippen LogP contribution in [0.3, 0.4) is 0 Å². The molecule has 1 atom stereocenters. The van der Waals surface area contributed by atoms with Crippen molar-refractivity contribution < 1.29 is 24.5 Å². The molecule has 5 N–H and O–H groups in total. The van der Waals surface area contributed by atoms with Crippen LogP contribution in [-0.4, -0.2) is 43.2 Å². The maximum absolute atomic E-state index is 13.7. The second-order valence-electron chi connectivity index (χ2n) is 10.4. The van der Waals surface area contributed by atoms with Gasteiger partial charge in [0, 0.05) is 12.5 Å². The molecule has 2 aromatic rings. The van der Waals surface area contributed by atoms with E-state index in [1.54, 1.807) is 19.2 Å². The lowest BCUT2D eigenvalue weighted by atomic mass is 9.75. The number of rotatable bonds is 11. The van der Waals surface area contributed by atoms with Gasteiger partial charge >= 0.3 is 0 Å². The van der Waals surface area contributed by atoms with E-state index in [2.05, 4.69) is 24.2 Å². The third-order valence-electron chi connectivity index (χ3n) is 7.55. The number of aliphatic imine (C=N–C) groups is 1.